The number of aromatic nitrogens is 2. The highest BCUT2D eigenvalue weighted by molar-refractivity contribution is 5.79. The molecule has 1 atom stereocenters. The van der Waals surface area contributed by atoms with Gasteiger partial charge in [0.15, 0.2) is 5.82 Å². The van der Waals surface area contributed by atoms with Crippen LogP contribution in [0.15, 0.2) is 48.5 Å². The molecule has 0 aliphatic heterocycles. The molecule has 1 amide bonds. The van der Waals surface area contributed by atoms with Crippen molar-refractivity contribution in [1.82, 2.24) is 15.1 Å². The summed E-state index contributed by atoms with van der Waals surface area (Å²) < 4.78 is 34.1. The quantitative estimate of drug-likeness (QED) is 0.613. The van der Waals surface area contributed by atoms with Gasteiger partial charge >= 0.3 is 0 Å². The Labute approximate surface area is 174 Å². The van der Waals surface area contributed by atoms with Gasteiger partial charge in [-0.05, 0) is 38.0 Å². The third kappa shape index (κ3) is 5.10. The summed E-state index contributed by atoms with van der Waals surface area (Å²) in [4.78, 5) is 12.7. The molecule has 5 nitrogen and oxygen atoms in total. The van der Waals surface area contributed by atoms with E-state index in [4.69, 9.17) is 4.74 Å². The van der Waals surface area contributed by atoms with Crippen molar-refractivity contribution in [2.45, 2.75) is 32.7 Å². The molecule has 0 saturated carbocycles. The molecule has 30 heavy (non-hydrogen) atoms. The van der Waals surface area contributed by atoms with Gasteiger partial charge in [-0.1, -0.05) is 30.3 Å². The Bertz CT molecular complexity index is 1020. The van der Waals surface area contributed by atoms with Gasteiger partial charge in [-0.3, -0.25) is 4.79 Å². The second kappa shape index (κ2) is 9.63. The maximum Gasteiger partial charge on any atom is 0.224 e. The zero-order valence-electron chi connectivity index (χ0n) is 17.3. The number of carbonyl (C=O) groups is 1. The molecule has 1 aromatic heterocycles. The van der Waals surface area contributed by atoms with E-state index in [-0.39, 0.29) is 24.1 Å². The summed E-state index contributed by atoms with van der Waals surface area (Å²) in [5, 5.41) is 7.37. The number of nitrogens with zero attached hydrogens (tertiary/aromatic N) is 2. The SMILES string of the molecule is COC[C@H](Cc1ccccc1)NC(=O)Cc1c(C)nn(-c2ccc(F)cc2F)c1C. The molecule has 0 saturated heterocycles. The Balaban J connectivity index is 1.75. The Hall–Kier alpha value is -3.06. The number of ether oxygens (including phenoxy) is 1. The van der Waals surface area contributed by atoms with Crippen LogP contribution in [0, 0.1) is 25.5 Å². The van der Waals surface area contributed by atoms with E-state index in [0.29, 0.717) is 30.0 Å². The zero-order valence-corrected chi connectivity index (χ0v) is 17.3. The number of hydrogen-bond acceptors (Lipinski definition) is 3. The van der Waals surface area contributed by atoms with Gasteiger partial charge in [0.05, 0.1) is 24.8 Å². The van der Waals surface area contributed by atoms with E-state index in [1.807, 2.05) is 30.3 Å². The molecule has 2 aromatic carbocycles. The van der Waals surface area contributed by atoms with Crippen molar-refractivity contribution in [3.8, 4) is 5.69 Å². The highest BCUT2D eigenvalue weighted by atomic mass is 19.1. The van der Waals surface area contributed by atoms with E-state index >= 15 is 0 Å². The molecule has 0 aliphatic carbocycles. The molecule has 7 heteroatoms. The third-order valence-corrected chi connectivity index (χ3v) is 4.97. The number of halogens is 2. The maximum absolute atomic E-state index is 14.2. The number of carbonyl (C=O) groups excluding carboxylic acids is 1. The van der Waals surface area contributed by atoms with Crippen molar-refractivity contribution >= 4 is 5.91 Å². The average Bonchev–Trinajstić information content (AvgIpc) is 2.97. The summed E-state index contributed by atoms with van der Waals surface area (Å²) in [6, 6.07) is 13.0. The Morgan fingerprint density at radius 1 is 1.17 bits per heavy atom. The van der Waals surface area contributed by atoms with Crippen LogP contribution in [0.4, 0.5) is 8.78 Å². The van der Waals surface area contributed by atoms with Crippen LogP contribution in [0.5, 0.6) is 0 Å². The fourth-order valence-corrected chi connectivity index (χ4v) is 3.51. The lowest BCUT2D eigenvalue weighted by molar-refractivity contribution is -0.121. The number of methoxy groups -OCH3 is 1. The van der Waals surface area contributed by atoms with E-state index in [9.17, 15) is 13.6 Å². The first-order valence-electron chi connectivity index (χ1n) is 9.71. The summed E-state index contributed by atoms with van der Waals surface area (Å²) in [5.41, 5.74) is 3.22. The number of rotatable bonds is 8. The molecule has 3 rings (SSSR count). The van der Waals surface area contributed by atoms with Crippen molar-refractivity contribution in [2.24, 2.45) is 0 Å². The Morgan fingerprint density at radius 3 is 2.57 bits per heavy atom. The Kier molecular flexibility index (Phi) is 6.95. The average molecular weight is 413 g/mol. The van der Waals surface area contributed by atoms with Gasteiger partial charge in [0.25, 0.3) is 0 Å². The summed E-state index contributed by atoms with van der Waals surface area (Å²) in [6.07, 6.45) is 0.758. The largest absolute Gasteiger partial charge is 0.383 e. The fraction of sp³-hybridized carbons (Fsp3) is 0.304. The van der Waals surface area contributed by atoms with Crippen LogP contribution in [0.3, 0.4) is 0 Å². The lowest BCUT2D eigenvalue weighted by Crippen LogP contribution is -2.40. The lowest BCUT2D eigenvalue weighted by atomic mass is 10.1. The molecular weight excluding hydrogens is 388 g/mol. The first-order chi connectivity index (χ1) is 14.4. The van der Waals surface area contributed by atoms with Gasteiger partial charge in [-0.2, -0.15) is 5.10 Å². The minimum atomic E-state index is -0.709. The predicted molar refractivity (Wildman–Crippen MR) is 111 cm³/mol. The van der Waals surface area contributed by atoms with Crippen LogP contribution < -0.4 is 5.32 Å². The summed E-state index contributed by atoms with van der Waals surface area (Å²) >= 11 is 0. The highest BCUT2D eigenvalue weighted by Crippen LogP contribution is 2.21. The van der Waals surface area contributed by atoms with Gasteiger partial charge in [0.1, 0.15) is 11.5 Å². The van der Waals surface area contributed by atoms with Gasteiger partial charge in [-0.25, -0.2) is 13.5 Å². The highest BCUT2D eigenvalue weighted by Gasteiger charge is 2.20. The van der Waals surface area contributed by atoms with Gasteiger partial charge < -0.3 is 10.1 Å². The topological polar surface area (TPSA) is 56.1 Å². The Morgan fingerprint density at radius 2 is 1.90 bits per heavy atom. The molecule has 1 N–H and O–H groups in total. The van der Waals surface area contributed by atoms with Crippen molar-refractivity contribution in [2.75, 3.05) is 13.7 Å². The first kappa shape index (κ1) is 21.6. The monoisotopic (exact) mass is 413 g/mol. The standard InChI is InChI=1S/C23H25F2N3O2/c1-15-20(16(2)28(27-15)22-10-9-18(24)12-21(22)25)13-23(29)26-19(14-30-3)11-17-7-5-4-6-8-17/h4-10,12,19H,11,13-14H2,1-3H3,(H,26,29)/t19-/m0/s1. The normalized spacial score (nSPS) is 12.0. The number of amides is 1. The maximum atomic E-state index is 14.2. The molecule has 3 aromatic rings. The molecule has 0 unspecified atom stereocenters. The van der Waals surface area contributed by atoms with Crippen LogP contribution >= 0.6 is 0 Å². The minimum Gasteiger partial charge on any atom is -0.383 e. The van der Waals surface area contributed by atoms with E-state index in [2.05, 4.69) is 10.4 Å². The molecule has 1 heterocycles. The van der Waals surface area contributed by atoms with Gasteiger partial charge in [-0.15, -0.1) is 0 Å². The van der Waals surface area contributed by atoms with Crippen LogP contribution in [-0.2, 0) is 22.4 Å². The molecule has 0 aliphatic rings. The van der Waals surface area contributed by atoms with Crippen molar-refractivity contribution in [3.05, 3.63) is 82.7 Å². The molecule has 0 fully saturated rings. The zero-order chi connectivity index (χ0) is 21.7. The summed E-state index contributed by atoms with van der Waals surface area (Å²) in [5.74, 6) is -1.53. The van der Waals surface area contributed by atoms with E-state index in [1.165, 1.54) is 16.8 Å². The fourth-order valence-electron chi connectivity index (χ4n) is 3.51. The molecule has 0 radical (unpaired) electrons. The molecular formula is C23H25F2N3O2. The summed E-state index contributed by atoms with van der Waals surface area (Å²) in [7, 11) is 1.60. The van der Waals surface area contributed by atoms with E-state index in [0.717, 1.165) is 11.6 Å². The van der Waals surface area contributed by atoms with Crippen LogP contribution in [0.25, 0.3) is 5.69 Å². The van der Waals surface area contributed by atoms with Crippen LogP contribution in [-0.4, -0.2) is 35.4 Å². The minimum absolute atomic E-state index is 0.107. The van der Waals surface area contributed by atoms with E-state index in [1.54, 1.807) is 21.0 Å². The number of hydrogen-bond donors (Lipinski definition) is 1. The first-order valence-corrected chi connectivity index (χ1v) is 9.71. The lowest BCUT2D eigenvalue weighted by Gasteiger charge is -2.18. The van der Waals surface area contributed by atoms with Crippen LogP contribution in [0.2, 0.25) is 0 Å². The second-order valence-electron chi connectivity index (χ2n) is 7.24. The number of aryl methyl sites for hydroxylation is 1. The third-order valence-electron chi connectivity index (χ3n) is 4.97. The molecule has 0 spiro atoms. The number of benzene rings is 2. The number of nitrogens with one attached hydrogen (secondary N) is 1. The van der Waals surface area contributed by atoms with Crippen molar-refractivity contribution < 1.29 is 18.3 Å². The predicted octanol–water partition coefficient (Wildman–Crippen LogP) is 3.68. The van der Waals surface area contributed by atoms with Crippen LogP contribution in [0.1, 0.15) is 22.5 Å². The molecule has 158 valence electrons. The van der Waals surface area contributed by atoms with Crippen molar-refractivity contribution in [1.29, 1.82) is 0 Å². The smallest absolute Gasteiger partial charge is 0.224 e. The van der Waals surface area contributed by atoms with Gasteiger partial charge in [0, 0.05) is 24.4 Å². The second-order valence-corrected chi connectivity index (χ2v) is 7.24. The van der Waals surface area contributed by atoms with E-state index < -0.39 is 11.6 Å². The van der Waals surface area contributed by atoms with Gasteiger partial charge in [0.2, 0.25) is 5.91 Å². The van der Waals surface area contributed by atoms with Crippen molar-refractivity contribution in [3.63, 3.8) is 0 Å². The summed E-state index contributed by atoms with van der Waals surface area (Å²) in [6.45, 7) is 3.92. The molecule has 0 bridgehead atoms.